The minimum absolute atomic E-state index is 0.0893. The second-order valence-electron chi connectivity index (χ2n) is 7.16. The number of hydrogen-bond acceptors (Lipinski definition) is 3. The summed E-state index contributed by atoms with van der Waals surface area (Å²) in [5.41, 5.74) is 0.442. The SMILES string of the molecule is CC(F)(F)c1cc(C2CCCCC2)c(OCc2ccccc2)cc1[N+](=O)[O-]. The molecule has 2 aromatic carbocycles. The molecule has 27 heavy (non-hydrogen) atoms. The van der Waals surface area contributed by atoms with Crippen LogP contribution in [0.5, 0.6) is 5.75 Å². The van der Waals surface area contributed by atoms with Crippen molar-refractivity contribution in [1.82, 2.24) is 0 Å². The number of nitro benzene ring substituents is 1. The van der Waals surface area contributed by atoms with E-state index in [-0.39, 0.29) is 12.5 Å². The van der Waals surface area contributed by atoms with E-state index in [0.717, 1.165) is 37.7 Å². The second-order valence-corrected chi connectivity index (χ2v) is 7.16. The van der Waals surface area contributed by atoms with Crippen LogP contribution in [0.3, 0.4) is 0 Å². The van der Waals surface area contributed by atoms with E-state index in [1.807, 2.05) is 30.3 Å². The van der Waals surface area contributed by atoms with Crippen LogP contribution in [0.1, 0.15) is 61.6 Å². The molecule has 6 heteroatoms. The first kappa shape index (κ1) is 19.3. The molecule has 1 aliphatic rings. The molecule has 3 rings (SSSR count). The van der Waals surface area contributed by atoms with Crippen LogP contribution in [-0.4, -0.2) is 4.92 Å². The van der Waals surface area contributed by atoms with Gasteiger partial charge in [-0.1, -0.05) is 49.6 Å². The average molecular weight is 375 g/mol. The Balaban J connectivity index is 2.02. The zero-order valence-corrected chi connectivity index (χ0v) is 15.3. The third-order valence-corrected chi connectivity index (χ3v) is 5.08. The Hall–Kier alpha value is -2.50. The molecule has 4 nitrogen and oxygen atoms in total. The molecule has 0 heterocycles. The highest BCUT2D eigenvalue weighted by Gasteiger charge is 2.36. The van der Waals surface area contributed by atoms with Gasteiger partial charge in [0, 0.05) is 6.92 Å². The lowest BCUT2D eigenvalue weighted by Crippen LogP contribution is -2.14. The number of alkyl halides is 2. The molecule has 1 saturated carbocycles. The first-order valence-electron chi connectivity index (χ1n) is 9.23. The van der Waals surface area contributed by atoms with E-state index in [1.54, 1.807) is 0 Å². The first-order valence-corrected chi connectivity index (χ1v) is 9.23. The lowest BCUT2D eigenvalue weighted by molar-refractivity contribution is -0.387. The predicted octanol–water partition coefficient (Wildman–Crippen LogP) is 6.33. The summed E-state index contributed by atoms with van der Waals surface area (Å²) in [5, 5.41) is 11.4. The Morgan fingerprint density at radius 2 is 1.81 bits per heavy atom. The van der Waals surface area contributed by atoms with Gasteiger partial charge in [-0.25, -0.2) is 8.78 Å². The van der Waals surface area contributed by atoms with Crippen molar-refractivity contribution >= 4 is 5.69 Å². The lowest BCUT2D eigenvalue weighted by atomic mass is 9.82. The molecule has 0 N–H and O–H groups in total. The Morgan fingerprint density at radius 3 is 2.41 bits per heavy atom. The molecule has 1 aliphatic carbocycles. The predicted molar refractivity (Wildman–Crippen MR) is 99.3 cm³/mol. The molecule has 0 amide bonds. The van der Waals surface area contributed by atoms with Crippen LogP contribution in [0.15, 0.2) is 42.5 Å². The summed E-state index contributed by atoms with van der Waals surface area (Å²) in [6.45, 7) is 0.935. The number of halogens is 2. The first-order chi connectivity index (χ1) is 12.9. The van der Waals surface area contributed by atoms with Crippen LogP contribution < -0.4 is 4.74 Å². The maximum Gasteiger partial charge on any atom is 0.282 e. The Morgan fingerprint density at radius 1 is 1.15 bits per heavy atom. The minimum Gasteiger partial charge on any atom is -0.488 e. The molecular formula is C21H23F2NO3. The van der Waals surface area contributed by atoms with Gasteiger partial charge in [-0.2, -0.15) is 0 Å². The smallest absolute Gasteiger partial charge is 0.282 e. The minimum atomic E-state index is -3.29. The molecule has 0 unspecified atom stereocenters. The maximum absolute atomic E-state index is 14.1. The van der Waals surface area contributed by atoms with E-state index in [9.17, 15) is 18.9 Å². The molecule has 2 aromatic rings. The van der Waals surface area contributed by atoms with Crippen LogP contribution in [-0.2, 0) is 12.5 Å². The third-order valence-electron chi connectivity index (χ3n) is 5.08. The summed E-state index contributed by atoms with van der Waals surface area (Å²) < 4.78 is 34.0. The van der Waals surface area contributed by atoms with Gasteiger partial charge in [-0.3, -0.25) is 10.1 Å². The number of hydrogen-bond donors (Lipinski definition) is 0. The molecular weight excluding hydrogens is 352 g/mol. The summed E-state index contributed by atoms with van der Waals surface area (Å²) in [7, 11) is 0. The summed E-state index contributed by atoms with van der Waals surface area (Å²) in [5.74, 6) is -2.86. The normalized spacial score (nSPS) is 15.5. The fraction of sp³-hybridized carbons (Fsp3) is 0.429. The molecule has 0 radical (unpaired) electrons. The zero-order chi connectivity index (χ0) is 19.4. The van der Waals surface area contributed by atoms with Crippen LogP contribution in [0, 0.1) is 10.1 Å². The summed E-state index contributed by atoms with van der Waals surface area (Å²) in [6.07, 6.45) is 4.94. The van der Waals surface area contributed by atoms with E-state index in [0.29, 0.717) is 18.2 Å². The highest BCUT2D eigenvalue weighted by molar-refractivity contribution is 5.53. The standard InChI is InChI=1S/C21H23F2NO3/c1-21(22,23)18-12-17(16-10-6-3-7-11-16)20(13-19(18)24(25)26)27-14-15-8-4-2-5-9-15/h2,4-5,8-9,12-13,16H,3,6-7,10-11,14H2,1H3. The van der Waals surface area contributed by atoms with E-state index in [2.05, 4.69) is 0 Å². The highest BCUT2D eigenvalue weighted by Crippen LogP contribution is 2.44. The molecule has 0 atom stereocenters. The molecule has 144 valence electrons. The van der Waals surface area contributed by atoms with Gasteiger partial charge in [-0.15, -0.1) is 0 Å². The van der Waals surface area contributed by atoms with Crippen molar-refractivity contribution in [2.24, 2.45) is 0 Å². The summed E-state index contributed by atoms with van der Waals surface area (Å²) in [4.78, 5) is 10.6. The van der Waals surface area contributed by atoms with Crippen molar-refractivity contribution in [2.45, 2.75) is 57.5 Å². The Labute approximate surface area is 157 Å². The Bertz CT molecular complexity index is 797. The van der Waals surface area contributed by atoms with Crippen molar-refractivity contribution in [3.05, 3.63) is 69.3 Å². The molecule has 0 aliphatic heterocycles. The zero-order valence-electron chi connectivity index (χ0n) is 15.3. The van der Waals surface area contributed by atoms with Crippen LogP contribution in [0.25, 0.3) is 0 Å². The van der Waals surface area contributed by atoms with Crippen LogP contribution in [0.2, 0.25) is 0 Å². The molecule has 1 fully saturated rings. The number of nitro groups is 1. The topological polar surface area (TPSA) is 52.4 Å². The average Bonchev–Trinajstić information content (AvgIpc) is 2.66. The van der Waals surface area contributed by atoms with Gasteiger partial charge in [0.15, 0.2) is 0 Å². The fourth-order valence-electron chi connectivity index (χ4n) is 3.68. The highest BCUT2D eigenvalue weighted by atomic mass is 19.3. The molecule has 0 spiro atoms. The second kappa shape index (κ2) is 8.03. The van der Waals surface area contributed by atoms with Gasteiger partial charge in [0.2, 0.25) is 0 Å². The van der Waals surface area contributed by atoms with Crippen molar-refractivity contribution < 1.29 is 18.4 Å². The van der Waals surface area contributed by atoms with Gasteiger partial charge in [0.05, 0.1) is 16.6 Å². The summed E-state index contributed by atoms with van der Waals surface area (Å²) >= 11 is 0. The maximum atomic E-state index is 14.1. The van der Waals surface area contributed by atoms with Crippen molar-refractivity contribution in [3.63, 3.8) is 0 Å². The van der Waals surface area contributed by atoms with Crippen molar-refractivity contribution in [3.8, 4) is 5.75 Å². The van der Waals surface area contributed by atoms with Gasteiger partial charge < -0.3 is 4.74 Å². The number of ether oxygens (including phenoxy) is 1. The van der Waals surface area contributed by atoms with E-state index < -0.39 is 22.1 Å². The fourth-order valence-corrected chi connectivity index (χ4v) is 3.68. The quantitative estimate of drug-likeness (QED) is 0.438. The third kappa shape index (κ3) is 4.62. The van der Waals surface area contributed by atoms with Crippen molar-refractivity contribution in [2.75, 3.05) is 0 Å². The van der Waals surface area contributed by atoms with E-state index in [1.165, 1.54) is 12.1 Å². The van der Waals surface area contributed by atoms with E-state index >= 15 is 0 Å². The molecule has 0 saturated heterocycles. The molecule has 0 aromatic heterocycles. The number of rotatable bonds is 6. The van der Waals surface area contributed by atoms with Crippen molar-refractivity contribution in [1.29, 1.82) is 0 Å². The van der Waals surface area contributed by atoms with Crippen LogP contribution in [0.4, 0.5) is 14.5 Å². The monoisotopic (exact) mass is 375 g/mol. The van der Waals surface area contributed by atoms with Crippen LogP contribution >= 0.6 is 0 Å². The Kier molecular flexibility index (Phi) is 5.73. The van der Waals surface area contributed by atoms with Gasteiger partial charge in [0.25, 0.3) is 11.6 Å². The lowest BCUT2D eigenvalue weighted by Gasteiger charge is -2.25. The van der Waals surface area contributed by atoms with Gasteiger partial charge in [0.1, 0.15) is 12.4 Å². The van der Waals surface area contributed by atoms with Gasteiger partial charge in [-0.05, 0) is 36.0 Å². The number of benzene rings is 2. The molecule has 0 bridgehead atoms. The van der Waals surface area contributed by atoms with E-state index in [4.69, 9.17) is 4.74 Å². The largest absolute Gasteiger partial charge is 0.488 e. The summed E-state index contributed by atoms with van der Waals surface area (Å²) in [6, 6.07) is 11.9. The van der Waals surface area contributed by atoms with Gasteiger partial charge >= 0.3 is 0 Å². The number of nitrogens with zero attached hydrogens (tertiary/aromatic N) is 1.